The third-order valence-electron chi connectivity index (χ3n) is 2.13. The normalized spacial score (nSPS) is 12.5. The first kappa shape index (κ1) is 13.5. The lowest BCUT2D eigenvalue weighted by atomic mass is 10.1. The van der Waals surface area contributed by atoms with Gasteiger partial charge in [-0.1, -0.05) is 18.2 Å². The van der Waals surface area contributed by atoms with E-state index in [2.05, 4.69) is 0 Å². The molecule has 0 aliphatic heterocycles. The van der Waals surface area contributed by atoms with E-state index in [9.17, 15) is 9.90 Å². The van der Waals surface area contributed by atoms with E-state index >= 15 is 0 Å². The number of benzene rings is 1. The summed E-state index contributed by atoms with van der Waals surface area (Å²) in [5.41, 5.74) is 0.551. The minimum atomic E-state index is -1.01. The third-order valence-corrected chi connectivity index (χ3v) is 2.13. The van der Waals surface area contributed by atoms with Crippen molar-refractivity contribution in [3.05, 3.63) is 29.8 Å². The number of rotatable bonds is 6. The Morgan fingerprint density at radius 3 is 2.53 bits per heavy atom. The maximum absolute atomic E-state index is 11.2. The van der Waals surface area contributed by atoms with Crippen LogP contribution in [0.5, 0.6) is 5.75 Å². The van der Waals surface area contributed by atoms with Gasteiger partial charge in [-0.25, -0.2) is 4.79 Å². The fraction of sp³-hybridized carbons (Fsp3) is 0.462. The zero-order valence-electron chi connectivity index (χ0n) is 10.3. The van der Waals surface area contributed by atoms with Crippen molar-refractivity contribution in [3.8, 4) is 5.75 Å². The number of carbonyl (C=O) groups is 1. The van der Waals surface area contributed by atoms with Gasteiger partial charge in [0.05, 0.1) is 12.7 Å². The van der Waals surface area contributed by atoms with Crippen LogP contribution in [0, 0.1) is 0 Å². The molecule has 0 saturated carbocycles. The second-order valence-electron chi connectivity index (χ2n) is 3.87. The smallest absolute Gasteiger partial charge is 0.337 e. The van der Waals surface area contributed by atoms with Crippen LogP contribution < -0.4 is 4.74 Å². The van der Waals surface area contributed by atoms with E-state index in [4.69, 9.17) is 9.47 Å². The topological polar surface area (TPSA) is 55.8 Å². The van der Waals surface area contributed by atoms with Gasteiger partial charge in [-0.05, 0) is 26.8 Å². The van der Waals surface area contributed by atoms with Gasteiger partial charge in [-0.3, -0.25) is 0 Å². The predicted octanol–water partition coefficient (Wildman–Crippen LogP) is 2.64. The molecule has 0 aliphatic rings. The van der Waals surface area contributed by atoms with Crippen LogP contribution >= 0.6 is 0 Å². The summed E-state index contributed by atoms with van der Waals surface area (Å²) in [6.07, 6.45) is -1.15. The molecule has 4 heteroatoms. The largest absolute Gasteiger partial charge is 0.493 e. The van der Waals surface area contributed by atoms with Crippen molar-refractivity contribution < 1.29 is 19.4 Å². The molecule has 1 N–H and O–H groups in total. The summed E-state index contributed by atoms with van der Waals surface area (Å²) in [4.78, 5) is 11.2. The second-order valence-corrected chi connectivity index (χ2v) is 3.87. The first-order valence-electron chi connectivity index (χ1n) is 5.66. The molecule has 0 fully saturated rings. The summed E-state index contributed by atoms with van der Waals surface area (Å²) in [6, 6.07) is 7.05. The molecule has 1 aromatic rings. The Morgan fingerprint density at radius 1 is 1.35 bits per heavy atom. The van der Waals surface area contributed by atoms with Crippen LogP contribution in [0.2, 0.25) is 0 Å². The molecule has 0 aromatic heterocycles. The summed E-state index contributed by atoms with van der Waals surface area (Å²) in [5, 5.41) is 9.19. The van der Waals surface area contributed by atoms with Gasteiger partial charge in [0.15, 0.2) is 6.10 Å². The quantitative estimate of drug-likeness (QED) is 0.827. The SMILES string of the molecule is CCOc1ccccc1[C@@H](OC(C)C)C(=O)O. The Hall–Kier alpha value is -1.55. The summed E-state index contributed by atoms with van der Waals surface area (Å²) in [5.74, 6) is -0.450. The predicted molar refractivity (Wildman–Crippen MR) is 64.2 cm³/mol. The molecule has 0 saturated heterocycles. The molecule has 0 aliphatic carbocycles. The van der Waals surface area contributed by atoms with Gasteiger partial charge in [0.2, 0.25) is 0 Å². The van der Waals surface area contributed by atoms with E-state index in [1.807, 2.05) is 13.0 Å². The van der Waals surface area contributed by atoms with Crippen molar-refractivity contribution in [3.63, 3.8) is 0 Å². The van der Waals surface area contributed by atoms with Crippen LogP contribution in [0.15, 0.2) is 24.3 Å². The molecule has 94 valence electrons. The first-order chi connectivity index (χ1) is 8.06. The highest BCUT2D eigenvalue weighted by molar-refractivity contribution is 5.75. The van der Waals surface area contributed by atoms with Crippen molar-refractivity contribution in [1.82, 2.24) is 0 Å². The number of carboxylic acids is 1. The van der Waals surface area contributed by atoms with Crippen LogP contribution in [0.4, 0.5) is 0 Å². The van der Waals surface area contributed by atoms with Gasteiger partial charge in [0.25, 0.3) is 0 Å². The maximum Gasteiger partial charge on any atom is 0.337 e. The summed E-state index contributed by atoms with van der Waals surface area (Å²) < 4.78 is 10.8. The van der Waals surface area contributed by atoms with Crippen LogP contribution in [0.3, 0.4) is 0 Å². The maximum atomic E-state index is 11.2. The minimum Gasteiger partial charge on any atom is -0.493 e. The van der Waals surface area contributed by atoms with Gasteiger partial charge >= 0.3 is 5.97 Å². The molecule has 1 rings (SSSR count). The summed E-state index contributed by atoms with van der Waals surface area (Å²) >= 11 is 0. The lowest BCUT2D eigenvalue weighted by molar-refractivity contribution is -0.153. The average Bonchev–Trinajstić information content (AvgIpc) is 2.27. The molecule has 0 amide bonds. The minimum absolute atomic E-state index is 0.161. The Kier molecular flexibility index (Phi) is 4.97. The monoisotopic (exact) mass is 238 g/mol. The molecule has 17 heavy (non-hydrogen) atoms. The van der Waals surface area contributed by atoms with E-state index in [1.165, 1.54) is 0 Å². The van der Waals surface area contributed by atoms with Crippen molar-refractivity contribution >= 4 is 5.97 Å². The van der Waals surface area contributed by atoms with Gasteiger partial charge in [0, 0.05) is 5.56 Å². The zero-order chi connectivity index (χ0) is 12.8. The molecule has 4 nitrogen and oxygen atoms in total. The molecule has 0 heterocycles. The molecule has 0 unspecified atom stereocenters. The average molecular weight is 238 g/mol. The third kappa shape index (κ3) is 3.75. The number of hydrogen-bond donors (Lipinski definition) is 1. The number of ether oxygens (including phenoxy) is 2. The number of aliphatic carboxylic acids is 1. The van der Waals surface area contributed by atoms with Crippen molar-refractivity contribution in [2.45, 2.75) is 33.0 Å². The fourth-order valence-corrected chi connectivity index (χ4v) is 1.52. The van der Waals surface area contributed by atoms with E-state index in [0.717, 1.165) is 0 Å². The van der Waals surface area contributed by atoms with Crippen LogP contribution in [0.25, 0.3) is 0 Å². The van der Waals surface area contributed by atoms with Gasteiger partial charge < -0.3 is 14.6 Å². The van der Waals surface area contributed by atoms with Crippen LogP contribution in [-0.2, 0) is 9.53 Å². The Balaban J connectivity index is 3.04. The molecule has 0 radical (unpaired) electrons. The number of carboxylic acid groups (broad SMARTS) is 1. The zero-order valence-corrected chi connectivity index (χ0v) is 10.3. The van der Waals surface area contributed by atoms with Crippen molar-refractivity contribution in [2.75, 3.05) is 6.61 Å². The highest BCUT2D eigenvalue weighted by atomic mass is 16.5. The van der Waals surface area contributed by atoms with E-state index in [0.29, 0.717) is 17.9 Å². The van der Waals surface area contributed by atoms with Crippen LogP contribution in [0.1, 0.15) is 32.4 Å². The van der Waals surface area contributed by atoms with E-state index < -0.39 is 12.1 Å². The van der Waals surface area contributed by atoms with Gasteiger partial charge in [0.1, 0.15) is 5.75 Å². The fourth-order valence-electron chi connectivity index (χ4n) is 1.52. The van der Waals surface area contributed by atoms with Crippen molar-refractivity contribution in [2.24, 2.45) is 0 Å². The van der Waals surface area contributed by atoms with E-state index in [-0.39, 0.29) is 6.10 Å². The highest BCUT2D eigenvalue weighted by Crippen LogP contribution is 2.28. The number of hydrogen-bond acceptors (Lipinski definition) is 3. The number of para-hydroxylation sites is 1. The molecular formula is C13H18O4. The second kappa shape index (κ2) is 6.25. The summed E-state index contributed by atoms with van der Waals surface area (Å²) in [6.45, 7) is 5.96. The lowest BCUT2D eigenvalue weighted by Gasteiger charge is -2.19. The molecule has 1 aromatic carbocycles. The Labute approximate surface area is 101 Å². The Morgan fingerprint density at radius 2 is 2.00 bits per heavy atom. The summed E-state index contributed by atoms with van der Waals surface area (Å²) in [7, 11) is 0. The molecular weight excluding hydrogens is 220 g/mol. The van der Waals surface area contributed by atoms with Crippen LogP contribution in [-0.4, -0.2) is 23.8 Å². The lowest BCUT2D eigenvalue weighted by Crippen LogP contribution is -2.20. The molecule has 1 atom stereocenters. The first-order valence-corrected chi connectivity index (χ1v) is 5.66. The highest BCUT2D eigenvalue weighted by Gasteiger charge is 2.25. The Bertz CT molecular complexity index is 373. The van der Waals surface area contributed by atoms with Gasteiger partial charge in [-0.2, -0.15) is 0 Å². The standard InChI is InChI=1S/C13H18O4/c1-4-16-11-8-6-5-7-10(11)12(13(14)15)17-9(2)3/h5-9,12H,4H2,1-3H3,(H,14,15)/t12-/m1/s1. The van der Waals surface area contributed by atoms with Gasteiger partial charge in [-0.15, -0.1) is 0 Å². The van der Waals surface area contributed by atoms with E-state index in [1.54, 1.807) is 32.0 Å². The van der Waals surface area contributed by atoms with Crippen molar-refractivity contribution in [1.29, 1.82) is 0 Å². The molecule has 0 spiro atoms. The molecule has 0 bridgehead atoms.